The molecule has 0 saturated heterocycles. The molecule has 2 rings (SSSR count). The zero-order valence-corrected chi connectivity index (χ0v) is 14.0. The van der Waals surface area contributed by atoms with Crippen LogP contribution in [0.25, 0.3) is 0 Å². The van der Waals surface area contributed by atoms with Crippen LogP contribution >= 0.6 is 11.3 Å². The first-order valence-electron chi connectivity index (χ1n) is 6.81. The maximum absolute atomic E-state index is 12.1. The fourth-order valence-electron chi connectivity index (χ4n) is 2.48. The van der Waals surface area contributed by atoms with Gasteiger partial charge in [0, 0.05) is 23.8 Å². The summed E-state index contributed by atoms with van der Waals surface area (Å²) in [5.41, 5.74) is -0.00369. The molecule has 1 N–H and O–H groups in total. The van der Waals surface area contributed by atoms with E-state index in [-0.39, 0.29) is 17.4 Å². The topological polar surface area (TPSA) is 79.8 Å². The molecular weight excluding hydrogens is 300 g/mol. The van der Waals surface area contributed by atoms with Crippen molar-refractivity contribution in [3.63, 3.8) is 0 Å². The van der Waals surface area contributed by atoms with E-state index in [4.69, 9.17) is 0 Å². The number of hydrogen-bond donors (Lipinski definition) is 1. The summed E-state index contributed by atoms with van der Waals surface area (Å²) in [5, 5.41) is 12.4. The third kappa shape index (κ3) is 2.57. The molecule has 0 amide bonds. The van der Waals surface area contributed by atoms with E-state index in [9.17, 15) is 14.9 Å². The lowest BCUT2D eigenvalue weighted by molar-refractivity contribution is 0.678. The van der Waals surface area contributed by atoms with E-state index >= 15 is 0 Å². The Morgan fingerprint density at radius 2 is 1.91 bits per heavy atom. The van der Waals surface area contributed by atoms with Gasteiger partial charge in [-0.3, -0.25) is 13.9 Å². The van der Waals surface area contributed by atoms with Crippen molar-refractivity contribution < 1.29 is 0 Å². The molecule has 0 aliphatic carbocycles. The SMILES string of the molecule is Cc1cc([C@@H](C)Nc2c(C#N)c(=O)n(C)c(=O)n2C)c(C)s1. The summed E-state index contributed by atoms with van der Waals surface area (Å²) in [5.74, 6) is 0.256. The van der Waals surface area contributed by atoms with E-state index in [1.54, 1.807) is 18.4 Å². The molecule has 22 heavy (non-hydrogen) atoms. The third-order valence-corrected chi connectivity index (χ3v) is 4.66. The first-order valence-corrected chi connectivity index (χ1v) is 7.63. The lowest BCUT2D eigenvalue weighted by Crippen LogP contribution is -2.40. The lowest BCUT2D eigenvalue weighted by atomic mass is 10.1. The molecule has 116 valence electrons. The molecule has 0 radical (unpaired) electrons. The predicted octanol–water partition coefficient (Wildman–Crippen LogP) is 1.81. The van der Waals surface area contributed by atoms with Crippen LogP contribution in [0.3, 0.4) is 0 Å². The molecule has 0 aliphatic rings. The summed E-state index contributed by atoms with van der Waals surface area (Å²) in [6.45, 7) is 6.00. The summed E-state index contributed by atoms with van der Waals surface area (Å²) in [6.07, 6.45) is 0. The van der Waals surface area contributed by atoms with Crippen LogP contribution < -0.4 is 16.6 Å². The van der Waals surface area contributed by atoms with E-state index in [1.165, 1.54) is 21.4 Å². The minimum Gasteiger partial charge on any atom is -0.364 e. The number of hydrogen-bond acceptors (Lipinski definition) is 5. The minimum atomic E-state index is -0.585. The van der Waals surface area contributed by atoms with Crippen LogP contribution in [-0.2, 0) is 14.1 Å². The number of thiophene rings is 1. The van der Waals surface area contributed by atoms with Crippen molar-refractivity contribution in [1.29, 1.82) is 5.26 Å². The van der Waals surface area contributed by atoms with Gasteiger partial charge in [0.05, 0.1) is 6.04 Å². The van der Waals surface area contributed by atoms with Gasteiger partial charge in [-0.25, -0.2) is 4.79 Å². The Labute approximate surface area is 132 Å². The molecule has 7 heteroatoms. The summed E-state index contributed by atoms with van der Waals surface area (Å²) in [6, 6.07) is 3.85. The van der Waals surface area contributed by atoms with E-state index in [0.29, 0.717) is 0 Å². The van der Waals surface area contributed by atoms with Crippen LogP contribution in [0.15, 0.2) is 15.7 Å². The molecule has 0 spiro atoms. The Kier molecular flexibility index (Phi) is 4.24. The molecule has 0 unspecified atom stereocenters. The number of aryl methyl sites for hydroxylation is 2. The maximum atomic E-state index is 12.1. The van der Waals surface area contributed by atoms with Gasteiger partial charge >= 0.3 is 5.69 Å². The average Bonchev–Trinajstić information content (AvgIpc) is 2.81. The standard InChI is InChI=1S/C15H18N4O2S/c1-8-6-11(10(3)22-8)9(2)17-13-12(7-16)14(20)19(5)15(21)18(13)4/h6,9,17H,1-5H3/t9-/m1/s1. The molecule has 1 atom stereocenters. The van der Waals surface area contributed by atoms with Crippen molar-refractivity contribution in [1.82, 2.24) is 9.13 Å². The van der Waals surface area contributed by atoms with E-state index < -0.39 is 11.2 Å². The highest BCUT2D eigenvalue weighted by atomic mass is 32.1. The summed E-state index contributed by atoms with van der Waals surface area (Å²) in [4.78, 5) is 26.5. The molecule has 0 bridgehead atoms. The summed E-state index contributed by atoms with van der Waals surface area (Å²) in [7, 11) is 2.91. The number of nitrogens with one attached hydrogen (secondary N) is 1. The third-order valence-electron chi connectivity index (χ3n) is 3.68. The monoisotopic (exact) mass is 318 g/mol. The smallest absolute Gasteiger partial charge is 0.332 e. The van der Waals surface area contributed by atoms with Crippen molar-refractivity contribution in [2.24, 2.45) is 14.1 Å². The fourth-order valence-corrected chi connectivity index (χ4v) is 3.50. The zero-order valence-electron chi connectivity index (χ0n) is 13.2. The minimum absolute atomic E-state index is 0.0546. The Hall–Kier alpha value is -2.33. The Morgan fingerprint density at radius 1 is 1.27 bits per heavy atom. The Bertz CT molecular complexity index is 883. The maximum Gasteiger partial charge on any atom is 0.332 e. The van der Waals surface area contributed by atoms with Gasteiger partial charge in [0.15, 0.2) is 5.56 Å². The second kappa shape index (κ2) is 5.81. The highest BCUT2D eigenvalue weighted by molar-refractivity contribution is 7.12. The van der Waals surface area contributed by atoms with Gasteiger partial charge in [0.25, 0.3) is 5.56 Å². The lowest BCUT2D eigenvalue weighted by Gasteiger charge is -2.19. The number of aromatic nitrogens is 2. The van der Waals surface area contributed by atoms with Crippen LogP contribution in [0.2, 0.25) is 0 Å². The summed E-state index contributed by atoms with van der Waals surface area (Å²) >= 11 is 1.69. The molecule has 2 aromatic rings. The van der Waals surface area contributed by atoms with Gasteiger partial charge in [-0.1, -0.05) is 0 Å². The molecule has 6 nitrogen and oxygen atoms in total. The number of nitrogens with zero attached hydrogens (tertiary/aromatic N) is 3. The molecule has 2 aromatic heterocycles. The molecule has 0 saturated carbocycles. The van der Waals surface area contributed by atoms with Gasteiger partial charge in [0.2, 0.25) is 0 Å². The van der Waals surface area contributed by atoms with Crippen LogP contribution in [0.5, 0.6) is 0 Å². The van der Waals surface area contributed by atoms with Gasteiger partial charge in [-0.2, -0.15) is 5.26 Å². The normalized spacial score (nSPS) is 12.0. The van der Waals surface area contributed by atoms with Crippen molar-refractivity contribution in [2.75, 3.05) is 5.32 Å². The van der Waals surface area contributed by atoms with Gasteiger partial charge < -0.3 is 5.32 Å². The largest absolute Gasteiger partial charge is 0.364 e. The van der Waals surface area contributed by atoms with Crippen molar-refractivity contribution in [3.8, 4) is 6.07 Å². The fraction of sp³-hybridized carbons (Fsp3) is 0.400. The molecular formula is C15H18N4O2S. The second-order valence-corrected chi connectivity index (χ2v) is 6.74. The van der Waals surface area contributed by atoms with E-state index in [1.807, 2.05) is 26.8 Å². The van der Waals surface area contributed by atoms with Gasteiger partial charge in [-0.05, 0) is 32.4 Å². The van der Waals surface area contributed by atoms with Crippen molar-refractivity contribution in [2.45, 2.75) is 26.8 Å². The molecule has 0 aromatic carbocycles. The molecule has 0 fully saturated rings. The first kappa shape index (κ1) is 16.0. The van der Waals surface area contributed by atoms with Crippen LogP contribution in [0, 0.1) is 25.2 Å². The van der Waals surface area contributed by atoms with Gasteiger partial charge in [0.1, 0.15) is 11.9 Å². The first-order chi connectivity index (χ1) is 10.3. The Morgan fingerprint density at radius 3 is 2.41 bits per heavy atom. The van der Waals surface area contributed by atoms with E-state index in [0.717, 1.165) is 10.1 Å². The van der Waals surface area contributed by atoms with E-state index in [2.05, 4.69) is 11.4 Å². The number of nitriles is 1. The van der Waals surface area contributed by atoms with Crippen LogP contribution in [0.1, 0.15) is 33.8 Å². The quantitative estimate of drug-likeness (QED) is 0.936. The molecule has 2 heterocycles. The van der Waals surface area contributed by atoms with Crippen LogP contribution in [0.4, 0.5) is 5.82 Å². The van der Waals surface area contributed by atoms with Crippen molar-refractivity contribution >= 4 is 17.2 Å². The summed E-state index contributed by atoms with van der Waals surface area (Å²) < 4.78 is 2.24. The number of anilines is 1. The van der Waals surface area contributed by atoms with Crippen LogP contribution in [-0.4, -0.2) is 9.13 Å². The predicted molar refractivity (Wildman–Crippen MR) is 87.5 cm³/mol. The van der Waals surface area contributed by atoms with Gasteiger partial charge in [-0.15, -0.1) is 11.3 Å². The highest BCUT2D eigenvalue weighted by Crippen LogP contribution is 2.28. The zero-order chi connectivity index (χ0) is 16.6. The second-order valence-electron chi connectivity index (χ2n) is 5.28. The van der Waals surface area contributed by atoms with Crippen molar-refractivity contribution in [3.05, 3.63) is 47.8 Å². The number of rotatable bonds is 3. The Balaban J connectivity index is 2.55. The average molecular weight is 318 g/mol. The highest BCUT2D eigenvalue weighted by Gasteiger charge is 2.19. The molecule has 0 aliphatic heterocycles.